The topological polar surface area (TPSA) is 105 Å². The molecular weight excluding hydrogens is 477 g/mol. The second kappa shape index (κ2) is 8.95. The highest BCUT2D eigenvalue weighted by atomic mass is 19.4. The Balaban J connectivity index is 1.34. The van der Waals surface area contributed by atoms with Gasteiger partial charge < -0.3 is 13.7 Å². The summed E-state index contributed by atoms with van der Waals surface area (Å²) >= 11 is 0. The summed E-state index contributed by atoms with van der Waals surface area (Å²) in [5.41, 5.74) is 4.22. The standard InChI is InChI=1S/C24H19F3N6O3/c1-13-4-6-17(7-5-13)22-28-19(15(3)34-22)12-33-14(2)20(30-32-33)23-29-21(31-36-23)16-8-10-18(11-9-16)35-24(25,26)27/h4-11H,12H2,1-3H3. The van der Waals surface area contributed by atoms with Crippen molar-refractivity contribution in [2.75, 3.05) is 0 Å². The van der Waals surface area contributed by atoms with Crippen LogP contribution in [0, 0.1) is 20.8 Å². The van der Waals surface area contributed by atoms with Crippen molar-refractivity contribution in [3.05, 3.63) is 71.2 Å². The maximum Gasteiger partial charge on any atom is 0.573 e. The molecule has 3 aromatic heterocycles. The van der Waals surface area contributed by atoms with Crippen molar-refractivity contribution in [2.45, 2.75) is 33.7 Å². The molecule has 5 rings (SSSR count). The van der Waals surface area contributed by atoms with E-state index in [0.29, 0.717) is 40.8 Å². The summed E-state index contributed by atoms with van der Waals surface area (Å²) in [4.78, 5) is 8.93. The predicted molar refractivity (Wildman–Crippen MR) is 121 cm³/mol. The monoisotopic (exact) mass is 496 g/mol. The molecule has 0 aliphatic carbocycles. The zero-order valence-corrected chi connectivity index (χ0v) is 19.4. The molecule has 0 fully saturated rings. The van der Waals surface area contributed by atoms with Crippen molar-refractivity contribution in [1.82, 2.24) is 30.1 Å². The summed E-state index contributed by atoms with van der Waals surface area (Å²) in [6.07, 6.45) is -4.77. The predicted octanol–water partition coefficient (Wildman–Crippen LogP) is 5.52. The van der Waals surface area contributed by atoms with E-state index in [4.69, 9.17) is 8.94 Å². The number of hydrogen-bond acceptors (Lipinski definition) is 8. The molecule has 12 heteroatoms. The molecule has 9 nitrogen and oxygen atoms in total. The van der Waals surface area contributed by atoms with Gasteiger partial charge in [0, 0.05) is 11.1 Å². The van der Waals surface area contributed by atoms with Crippen molar-refractivity contribution < 1.29 is 26.8 Å². The van der Waals surface area contributed by atoms with Crippen molar-refractivity contribution >= 4 is 0 Å². The SMILES string of the molecule is Cc1ccc(-c2nc(Cn3nnc(-c4nc(-c5ccc(OC(F)(F)F)cc5)no4)c3C)c(C)o2)cc1. The van der Waals surface area contributed by atoms with Gasteiger partial charge in [-0.2, -0.15) is 4.98 Å². The molecule has 5 aromatic rings. The lowest BCUT2D eigenvalue weighted by Crippen LogP contribution is -2.16. The number of oxazole rings is 1. The zero-order valence-electron chi connectivity index (χ0n) is 19.4. The first-order chi connectivity index (χ1) is 17.2. The molecule has 0 amide bonds. The third-order valence-corrected chi connectivity index (χ3v) is 5.45. The molecule has 184 valence electrons. The van der Waals surface area contributed by atoms with Gasteiger partial charge in [-0.05, 0) is 57.2 Å². The lowest BCUT2D eigenvalue weighted by atomic mass is 10.1. The molecule has 0 bridgehead atoms. The van der Waals surface area contributed by atoms with Gasteiger partial charge in [-0.25, -0.2) is 9.67 Å². The number of alkyl halides is 3. The second-order valence-electron chi connectivity index (χ2n) is 8.06. The van der Waals surface area contributed by atoms with Gasteiger partial charge in [0.15, 0.2) is 5.69 Å². The highest BCUT2D eigenvalue weighted by molar-refractivity contribution is 5.59. The third-order valence-electron chi connectivity index (χ3n) is 5.45. The molecule has 0 radical (unpaired) electrons. The summed E-state index contributed by atoms with van der Waals surface area (Å²) in [5.74, 6) is 1.16. The van der Waals surface area contributed by atoms with Gasteiger partial charge in [0.1, 0.15) is 17.2 Å². The first-order valence-electron chi connectivity index (χ1n) is 10.8. The highest BCUT2D eigenvalue weighted by Crippen LogP contribution is 2.28. The average molecular weight is 496 g/mol. The molecule has 0 aliphatic rings. The largest absolute Gasteiger partial charge is 0.573 e. The first kappa shape index (κ1) is 23.3. The van der Waals surface area contributed by atoms with Gasteiger partial charge in [0.2, 0.25) is 11.7 Å². The van der Waals surface area contributed by atoms with Gasteiger partial charge in [0.25, 0.3) is 5.89 Å². The minimum Gasteiger partial charge on any atom is -0.441 e. The Kier molecular flexibility index (Phi) is 5.78. The van der Waals surface area contributed by atoms with Crippen LogP contribution in [0.15, 0.2) is 57.5 Å². The van der Waals surface area contributed by atoms with Crippen LogP contribution in [0.1, 0.15) is 22.7 Å². The van der Waals surface area contributed by atoms with Gasteiger partial charge in [-0.1, -0.05) is 28.1 Å². The summed E-state index contributed by atoms with van der Waals surface area (Å²) in [7, 11) is 0. The molecule has 3 heterocycles. The van der Waals surface area contributed by atoms with Crippen LogP contribution in [0.4, 0.5) is 13.2 Å². The fourth-order valence-electron chi connectivity index (χ4n) is 3.49. The number of ether oxygens (including phenoxy) is 1. The molecule has 2 aromatic carbocycles. The minimum absolute atomic E-state index is 0.126. The van der Waals surface area contributed by atoms with Crippen LogP contribution in [0.5, 0.6) is 5.75 Å². The zero-order chi connectivity index (χ0) is 25.4. The van der Waals surface area contributed by atoms with E-state index >= 15 is 0 Å². The first-order valence-corrected chi connectivity index (χ1v) is 10.8. The summed E-state index contributed by atoms with van der Waals surface area (Å²) < 4.78 is 53.8. The van der Waals surface area contributed by atoms with Crippen LogP contribution in [0.2, 0.25) is 0 Å². The van der Waals surface area contributed by atoms with Gasteiger partial charge in [-0.3, -0.25) is 0 Å². The lowest BCUT2D eigenvalue weighted by molar-refractivity contribution is -0.274. The van der Waals surface area contributed by atoms with Crippen molar-refractivity contribution in [2.24, 2.45) is 0 Å². The van der Waals surface area contributed by atoms with E-state index in [1.165, 1.54) is 24.3 Å². The van der Waals surface area contributed by atoms with Crippen LogP contribution in [0.25, 0.3) is 34.4 Å². The third kappa shape index (κ3) is 4.83. The van der Waals surface area contributed by atoms with Crippen LogP contribution < -0.4 is 4.74 Å². The molecule has 36 heavy (non-hydrogen) atoms. The Hall–Kier alpha value is -4.48. The summed E-state index contributed by atoms with van der Waals surface area (Å²) in [6.45, 7) is 5.97. The fraction of sp³-hybridized carbons (Fsp3) is 0.208. The van der Waals surface area contributed by atoms with Crippen LogP contribution >= 0.6 is 0 Å². The molecular formula is C24H19F3N6O3. The molecule has 0 saturated heterocycles. The van der Waals surface area contributed by atoms with E-state index in [0.717, 1.165) is 11.1 Å². The number of benzene rings is 2. The Morgan fingerprint density at radius 3 is 2.28 bits per heavy atom. The smallest absolute Gasteiger partial charge is 0.441 e. The molecule has 0 aliphatic heterocycles. The minimum atomic E-state index is -4.77. The van der Waals surface area contributed by atoms with Crippen molar-refractivity contribution in [1.29, 1.82) is 0 Å². The van der Waals surface area contributed by atoms with E-state index in [2.05, 4.69) is 30.2 Å². The van der Waals surface area contributed by atoms with Gasteiger partial charge >= 0.3 is 6.36 Å². The summed E-state index contributed by atoms with van der Waals surface area (Å²) in [6, 6.07) is 13.0. The van der Waals surface area contributed by atoms with Gasteiger partial charge in [-0.15, -0.1) is 18.3 Å². The van der Waals surface area contributed by atoms with E-state index < -0.39 is 6.36 Å². The molecule has 0 saturated carbocycles. The van der Waals surface area contributed by atoms with E-state index in [1.54, 1.807) is 11.6 Å². The van der Waals surface area contributed by atoms with Crippen molar-refractivity contribution in [3.63, 3.8) is 0 Å². The molecule has 0 N–H and O–H groups in total. The second-order valence-corrected chi connectivity index (χ2v) is 8.06. The maximum atomic E-state index is 12.4. The average Bonchev–Trinajstić information content (AvgIpc) is 3.54. The Morgan fingerprint density at radius 2 is 1.58 bits per heavy atom. The van der Waals surface area contributed by atoms with E-state index in [9.17, 15) is 13.2 Å². The quantitative estimate of drug-likeness (QED) is 0.303. The Labute approximate surface area is 202 Å². The van der Waals surface area contributed by atoms with Crippen LogP contribution in [0.3, 0.4) is 0 Å². The van der Waals surface area contributed by atoms with Crippen LogP contribution in [-0.2, 0) is 6.54 Å². The van der Waals surface area contributed by atoms with Gasteiger partial charge in [0.05, 0.1) is 12.2 Å². The molecule has 0 atom stereocenters. The van der Waals surface area contributed by atoms with Crippen LogP contribution in [-0.4, -0.2) is 36.5 Å². The number of aromatic nitrogens is 6. The normalized spacial score (nSPS) is 11.7. The van der Waals surface area contributed by atoms with E-state index in [1.807, 2.05) is 38.1 Å². The lowest BCUT2D eigenvalue weighted by Gasteiger charge is -2.08. The van der Waals surface area contributed by atoms with Crippen molar-refractivity contribution in [3.8, 4) is 40.2 Å². The number of aryl methyl sites for hydroxylation is 2. The van der Waals surface area contributed by atoms with E-state index in [-0.39, 0.29) is 17.5 Å². The Bertz CT molecular complexity index is 1500. The number of hydrogen-bond donors (Lipinski definition) is 0. The number of nitrogens with zero attached hydrogens (tertiary/aromatic N) is 6. The number of rotatable bonds is 6. The Morgan fingerprint density at radius 1 is 0.889 bits per heavy atom. The molecule has 0 unspecified atom stereocenters. The number of halogens is 3. The highest BCUT2D eigenvalue weighted by Gasteiger charge is 2.31. The fourth-order valence-corrected chi connectivity index (χ4v) is 3.49. The summed E-state index contributed by atoms with van der Waals surface area (Å²) in [5, 5.41) is 12.3. The molecule has 0 spiro atoms. The maximum absolute atomic E-state index is 12.4.